The Hall–Kier alpha value is -2.19. The van der Waals surface area contributed by atoms with Crippen LogP contribution >= 0.6 is 11.3 Å². The van der Waals surface area contributed by atoms with Crippen LogP contribution in [0.25, 0.3) is 0 Å². The summed E-state index contributed by atoms with van der Waals surface area (Å²) in [5.74, 6) is 1.69. The van der Waals surface area contributed by atoms with E-state index in [1.54, 1.807) is 25.6 Å². The van der Waals surface area contributed by atoms with Gasteiger partial charge in [-0.05, 0) is 27.7 Å². The molecule has 0 amide bonds. The van der Waals surface area contributed by atoms with Crippen molar-refractivity contribution in [2.75, 3.05) is 27.8 Å². The highest BCUT2D eigenvalue weighted by atomic mass is 32.1. The van der Waals surface area contributed by atoms with Crippen molar-refractivity contribution in [3.63, 3.8) is 0 Å². The summed E-state index contributed by atoms with van der Waals surface area (Å²) < 4.78 is 10.8. The van der Waals surface area contributed by atoms with Crippen molar-refractivity contribution in [3.8, 4) is 5.75 Å². The van der Waals surface area contributed by atoms with Crippen LogP contribution in [0.5, 0.6) is 5.75 Å². The van der Waals surface area contributed by atoms with Crippen LogP contribution in [-0.2, 0) is 17.8 Å². The third kappa shape index (κ3) is 5.42. The molecule has 0 bridgehead atoms. The van der Waals surface area contributed by atoms with E-state index >= 15 is 0 Å². The lowest BCUT2D eigenvalue weighted by atomic mass is 10.1. The smallest absolute Gasteiger partial charge is 0.194 e. The number of hydrogen-bond donors (Lipinski definition) is 1. The average Bonchev–Trinajstić information content (AvgIpc) is 3.14. The van der Waals surface area contributed by atoms with E-state index in [2.05, 4.69) is 32.5 Å². The van der Waals surface area contributed by atoms with Crippen LogP contribution in [0, 0.1) is 13.8 Å². The largest absolute Gasteiger partial charge is 0.496 e. The predicted octanol–water partition coefficient (Wildman–Crippen LogP) is 3.47. The van der Waals surface area contributed by atoms with Crippen LogP contribution in [0.3, 0.4) is 0 Å². The van der Waals surface area contributed by atoms with Crippen LogP contribution < -0.4 is 10.1 Å². The van der Waals surface area contributed by atoms with Crippen molar-refractivity contribution >= 4 is 17.3 Å². The van der Waals surface area contributed by atoms with Gasteiger partial charge in [-0.2, -0.15) is 0 Å². The molecule has 154 valence electrons. The highest BCUT2D eigenvalue weighted by Crippen LogP contribution is 2.24. The fourth-order valence-electron chi connectivity index (χ4n) is 2.85. The lowest BCUT2D eigenvalue weighted by Gasteiger charge is -2.21. The van der Waals surface area contributed by atoms with Gasteiger partial charge >= 0.3 is 0 Å². The Bertz CT molecular complexity index is 806. The fourth-order valence-corrected chi connectivity index (χ4v) is 3.69. The first-order valence-corrected chi connectivity index (χ1v) is 10.2. The van der Waals surface area contributed by atoms with E-state index in [1.165, 1.54) is 0 Å². The van der Waals surface area contributed by atoms with Gasteiger partial charge in [0.25, 0.3) is 0 Å². The predicted molar refractivity (Wildman–Crippen MR) is 114 cm³/mol. The second-order valence-electron chi connectivity index (χ2n) is 6.63. The number of ether oxygens (including phenoxy) is 2. The average molecular weight is 406 g/mol. The summed E-state index contributed by atoms with van der Waals surface area (Å²) in [5, 5.41) is 6.40. The molecule has 0 fully saturated rings. The molecule has 0 aliphatic rings. The van der Waals surface area contributed by atoms with Crippen LogP contribution in [0.15, 0.2) is 16.6 Å². The molecule has 0 aliphatic heterocycles. The topological polar surface area (TPSA) is 71.9 Å². The molecule has 2 rings (SSSR count). The highest BCUT2D eigenvalue weighted by molar-refractivity contribution is 7.09. The van der Waals surface area contributed by atoms with Gasteiger partial charge in [0, 0.05) is 43.4 Å². The molecule has 8 heteroatoms. The lowest BCUT2D eigenvalue weighted by Crippen LogP contribution is -2.38. The van der Waals surface area contributed by atoms with E-state index in [0.717, 1.165) is 45.8 Å². The normalized spacial score (nSPS) is 12.8. The lowest BCUT2D eigenvalue weighted by molar-refractivity contribution is 0.119. The van der Waals surface area contributed by atoms with Crippen molar-refractivity contribution in [2.24, 2.45) is 4.99 Å². The zero-order chi connectivity index (χ0) is 20.7. The number of nitrogens with zero attached hydrogens (tertiary/aromatic N) is 4. The minimum atomic E-state index is 0.0107. The molecule has 2 aromatic heterocycles. The van der Waals surface area contributed by atoms with E-state index in [9.17, 15) is 0 Å². The quantitative estimate of drug-likeness (QED) is 0.536. The van der Waals surface area contributed by atoms with Crippen molar-refractivity contribution in [3.05, 3.63) is 39.1 Å². The molecule has 0 spiro atoms. The summed E-state index contributed by atoms with van der Waals surface area (Å²) in [6, 6.07) is 0. The molecule has 0 saturated heterocycles. The molecule has 0 aromatic carbocycles. The number of pyridine rings is 1. The van der Waals surface area contributed by atoms with E-state index in [-0.39, 0.29) is 6.10 Å². The molecular weight excluding hydrogens is 374 g/mol. The number of nitrogens with one attached hydrogen (secondary N) is 1. The van der Waals surface area contributed by atoms with Gasteiger partial charge in [-0.3, -0.25) is 4.98 Å². The summed E-state index contributed by atoms with van der Waals surface area (Å²) >= 11 is 1.62. The molecule has 2 heterocycles. The summed E-state index contributed by atoms with van der Waals surface area (Å²) in [5.41, 5.74) is 3.98. The first kappa shape index (κ1) is 22.1. The van der Waals surface area contributed by atoms with Gasteiger partial charge in [0.2, 0.25) is 0 Å². The second kappa shape index (κ2) is 10.4. The number of methoxy groups -OCH3 is 2. The molecule has 0 aliphatic carbocycles. The maximum Gasteiger partial charge on any atom is 0.194 e. The maximum atomic E-state index is 5.50. The number of thiazole rings is 1. The van der Waals surface area contributed by atoms with Gasteiger partial charge in [0.15, 0.2) is 5.96 Å². The monoisotopic (exact) mass is 405 g/mol. The Morgan fingerprint density at radius 3 is 2.75 bits per heavy atom. The van der Waals surface area contributed by atoms with Crippen LogP contribution in [0.1, 0.15) is 47.5 Å². The Labute approximate surface area is 171 Å². The standard InChI is InChI=1S/C20H31N5O2S/c1-8-21-20(23-10-17-14(3)18(27-7)13(2)9-22-17)25(5)11-16-12-28-19(24-16)15(4)26-6/h9,12,15H,8,10-11H2,1-7H3,(H,21,23). The minimum Gasteiger partial charge on any atom is -0.496 e. The van der Waals surface area contributed by atoms with Crippen molar-refractivity contribution in [2.45, 2.75) is 46.9 Å². The summed E-state index contributed by atoms with van der Waals surface area (Å²) in [6.07, 6.45) is 1.85. The number of aromatic nitrogens is 2. The van der Waals surface area contributed by atoms with Gasteiger partial charge in [0.05, 0.1) is 31.6 Å². The Kier molecular flexibility index (Phi) is 8.19. The molecule has 1 atom stereocenters. The summed E-state index contributed by atoms with van der Waals surface area (Å²) in [4.78, 5) is 16.0. The molecule has 7 nitrogen and oxygen atoms in total. The Morgan fingerprint density at radius 1 is 1.36 bits per heavy atom. The molecule has 1 N–H and O–H groups in total. The Balaban J connectivity index is 2.14. The van der Waals surface area contributed by atoms with Crippen molar-refractivity contribution < 1.29 is 9.47 Å². The zero-order valence-electron chi connectivity index (χ0n) is 17.9. The van der Waals surface area contributed by atoms with Gasteiger partial charge in [-0.15, -0.1) is 11.3 Å². The molecule has 0 saturated carbocycles. The van der Waals surface area contributed by atoms with Gasteiger partial charge in [-0.25, -0.2) is 9.98 Å². The van der Waals surface area contributed by atoms with Crippen molar-refractivity contribution in [1.29, 1.82) is 0 Å². The first-order chi connectivity index (χ1) is 13.4. The second-order valence-corrected chi connectivity index (χ2v) is 7.52. The SMILES string of the molecule is CCNC(=NCc1ncc(C)c(OC)c1C)N(C)Cc1csc(C(C)OC)n1. The summed E-state index contributed by atoms with van der Waals surface area (Å²) in [6.45, 7) is 10.0. The van der Waals surface area contributed by atoms with Gasteiger partial charge in [-0.1, -0.05) is 0 Å². The van der Waals surface area contributed by atoms with Gasteiger partial charge in [0.1, 0.15) is 16.9 Å². The number of hydrogen-bond acceptors (Lipinski definition) is 6. The van der Waals surface area contributed by atoms with Crippen LogP contribution in [0.4, 0.5) is 0 Å². The van der Waals surface area contributed by atoms with Gasteiger partial charge < -0.3 is 19.7 Å². The van der Waals surface area contributed by atoms with Crippen LogP contribution in [-0.4, -0.2) is 48.6 Å². The first-order valence-electron chi connectivity index (χ1n) is 9.36. The Morgan fingerprint density at radius 2 is 2.11 bits per heavy atom. The van der Waals surface area contributed by atoms with E-state index < -0.39 is 0 Å². The third-order valence-electron chi connectivity index (χ3n) is 4.49. The number of rotatable bonds is 8. The van der Waals surface area contributed by atoms with Crippen LogP contribution in [0.2, 0.25) is 0 Å². The van der Waals surface area contributed by atoms with E-state index in [4.69, 9.17) is 14.5 Å². The number of aryl methyl sites for hydroxylation is 1. The fraction of sp³-hybridized carbons (Fsp3) is 0.550. The maximum absolute atomic E-state index is 5.50. The molecule has 28 heavy (non-hydrogen) atoms. The van der Waals surface area contributed by atoms with Crippen molar-refractivity contribution in [1.82, 2.24) is 20.2 Å². The molecular formula is C20H31N5O2S. The number of guanidine groups is 1. The molecule has 1 unspecified atom stereocenters. The zero-order valence-corrected chi connectivity index (χ0v) is 18.7. The number of aliphatic imine (C=N–C) groups is 1. The molecule has 0 radical (unpaired) electrons. The third-order valence-corrected chi connectivity index (χ3v) is 5.55. The molecule has 2 aromatic rings. The highest BCUT2D eigenvalue weighted by Gasteiger charge is 2.14. The van der Waals surface area contributed by atoms with E-state index in [0.29, 0.717) is 13.1 Å². The summed E-state index contributed by atoms with van der Waals surface area (Å²) in [7, 11) is 5.40. The van der Waals surface area contributed by atoms with E-state index in [1.807, 2.05) is 34.0 Å². The minimum absolute atomic E-state index is 0.0107.